The molecule has 0 radical (unpaired) electrons. The molecule has 0 bridgehead atoms. The first-order valence-electron chi connectivity index (χ1n) is 14.2. The van der Waals surface area contributed by atoms with E-state index in [0.29, 0.717) is 17.6 Å². The van der Waals surface area contributed by atoms with Crippen LogP contribution in [-0.2, 0) is 14.3 Å². The summed E-state index contributed by atoms with van der Waals surface area (Å²) in [5.74, 6) is -3.66. The molecular formula is C30H46O7. The van der Waals surface area contributed by atoms with Crippen molar-refractivity contribution in [1.29, 1.82) is 0 Å². The van der Waals surface area contributed by atoms with Gasteiger partial charge in [-0.05, 0) is 24.5 Å². The molecule has 4 aliphatic carbocycles. The van der Waals surface area contributed by atoms with Gasteiger partial charge in [-0.1, -0.05) is 78.4 Å². The maximum Gasteiger partial charge on any atom is 0.306 e. The van der Waals surface area contributed by atoms with E-state index in [1.165, 1.54) is 19.3 Å². The van der Waals surface area contributed by atoms with E-state index in [9.17, 15) is 30.0 Å². The second-order valence-electron chi connectivity index (χ2n) is 12.7. The van der Waals surface area contributed by atoms with Crippen LogP contribution < -0.4 is 0 Å². The number of carbonyl (C=O) groups excluding carboxylic acids is 2. The molecule has 2 saturated carbocycles. The molecule has 0 aliphatic heterocycles. The van der Waals surface area contributed by atoms with E-state index in [-0.39, 0.29) is 19.4 Å². The van der Waals surface area contributed by atoms with Gasteiger partial charge in [0.1, 0.15) is 17.3 Å². The molecule has 4 aliphatic rings. The zero-order chi connectivity index (χ0) is 27.4. The van der Waals surface area contributed by atoms with Crippen LogP contribution in [0, 0.1) is 29.1 Å². The molecule has 4 N–H and O–H groups in total. The number of unbranched alkanes of at least 4 members (excludes halogenated alkanes) is 6. The molecule has 8 atom stereocenters. The van der Waals surface area contributed by atoms with Crippen LogP contribution in [0.4, 0.5) is 0 Å². The van der Waals surface area contributed by atoms with Gasteiger partial charge in [0.2, 0.25) is 0 Å². The monoisotopic (exact) mass is 518 g/mol. The summed E-state index contributed by atoms with van der Waals surface area (Å²) in [5.41, 5.74) is -4.75. The highest BCUT2D eigenvalue weighted by Crippen LogP contribution is 2.75. The summed E-state index contributed by atoms with van der Waals surface area (Å²) in [5, 5.41) is 46.1. The van der Waals surface area contributed by atoms with E-state index < -0.39 is 63.7 Å². The average Bonchev–Trinajstić information content (AvgIpc) is 3.24. The first kappa shape index (κ1) is 28.5. The number of hydrogen-bond acceptors (Lipinski definition) is 7. The Kier molecular flexibility index (Phi) is 7.61. The fourth-order valence-corrected chi connectivity index (χ4v) is 8.03. The van der Waals surface area contributed by atoms with Gasteiger partial charge in [-0.25, -0.2) is 0 Å². The largest absolute Gasteiger partial charge is 0.459 e. The number of aliphatic hydroxyl groups is 4. The van der Waals surface area contributed by atoms with Crippen LogP contribution in [0.1, 0.15) is 92.4 Å². The van der Waals surface area contributed by atoms with Crippen molar-refractivity contribution >= 4 is 11.8 Å². The van der Waals surface area contributed by atoms with Crippen LogP contribution in [-0.4, -0.2) is 61.7 Å². The van der Waals surface area contributed by atoms with Crippen molar-refractivity contribution in [3.63, 3.8) is 0 Å². The third-order valence-corrected chi connectivity index (χ3v) is 10.2. The number of fused-ring (bicyclic) bond motifs is 5. The molecule has 0 aromatic heterocycles. The zero-order valence-electron chi connectivity index (χ0n) is 23.1. The molecule has 0 heterocycles. The quantitative estimate of drug-likeness (QED) is 0.198. The van der Waals surface area contributed by atoms with Gasteiger partial charge >= 0.3 is 5.97 Å². The van der Waals surface area contributed by atoms with Crippen molar-refractivity contribution in [1.82, 2.24) is 0 Å². The summed E-state index contributed by atoms with van der Waals surface area (Å²) in [7, 11) is 0. The standard InChI is InChI=1S/C30H46O7/c1-6-7-8-9-10-11-12-13-23(32)37-26-19(3)29(35)21(24-27(4,5)30(24,26)36)15-20(17-31)16-28(34)22(29)14-18(2)25(28)33/h14-15,19,21-22,24,26,31,34-36H,6-13,16-17H2,1-5H3/t19-,21+,22-,24-,26?,28-,29-,30-/m1/s1. The lowest BCUT2D eigenvalue weighted by atomic mass is 9.59. The Balaban J connectivity index is 1.60. The molecular weight excluding hydrogens is 472 g/mol. The predicted molar refractivity (Wildman–Crippen MR) is 139 cm³/mol. The van der Waals surface area contributed by atoms with Gasteiger partial charge in [0, 0.05) is 41.9 Å². The van der Waals surface area contributed by atoms with E-state index >= 15 is 0 Å². The maximum atomic E-state index is 13.1. The number of aliphatic hydroxyl groups excluding tert-OH is 1. The molecule has 0 amide bonds. The minimum Gasteiger partial charge on any atom is -0.459 e. The molecule has 7 heteroatoms. The Morgan fingerprint density at radius 2 is 1.68 bits per heavy atom. The number of Topliss-reactive ketones (excluding diaryl/α,β-unsaturated/α-hetero) is 1. The first-order valence-corrected chi connectivity index (χ1v) is 14.2. The molecule has 1 unspecified atom stereocenters. The number of carbonyl (C=O) groups is 2. The highest BCUT2D eigenvalue weighted by atomic mass is 16.6. The fraction of sp³-hybridized carbons (Fsp3) is 0.800. The van der Waals surface area contributed by atoms with Crippen molar-refractivity contribution in [2.45, 2.75) is 115 Å². The van der Waals surface area contributed by atoms with Crippen molar-refractivity contribution in [2.75, 3.05) is 6.61 Å². The van der Waals surface area contributed by atoms with E-state index in [2.05, 4.69) is 6.92 Å². The third-order valence-electron chi connectivity index (χ3n) is 10.2. The Morgan fingerprint density at radius 3 is 2.30 bits per heavy atom. The zero-order valence-corrected chi connectivity index (χ0v) is 23.1. The van der Waals surface area contributed by atoms with Gasteiger partial charge in [0.05, 0.1) is 12.2 Å². The number of ether oxygens (including phenoxy) is 1. The normalized spacial score (nSPS) is 41.6. The van der Waals surface area contributed by atoms with Crippen molar-refractivity contribution in [2.24, 2.45) is 29.1 Å². The molecule has 7 nitrogen and oxygen atoms in total. The lowest BCUT2D eigenvalue weighted by molar-refractivity contribution is -0.221. The minimum atomic E-state index is -1.89. The molecule has 37 heavy (non-hydrogen) atoms. The number of ketones is 1. The summed E-state index contributed by atoms with van der Waals surface area (Å²) in [6.45, 7) is 8.99. The van der Waals surface area contributed by atoms with Crippen molar-refractivity contribution in [3.05, 3.63) is 23.3 Å². The lowest BCUT2D eigenvalue weighted by Crippen LogP contribution is -2.65. The van der Waals surface area contributed by atoms with Crippen LogP contribution >= 0.6 is 0 Å². The van der Waals surface area contributed by atoms with Crippen molar-refractivity contribution < 1.29 is 34.8 Å². The number of rotatable bonds is 10. The molecule has 2 fully saturated rings. The average molecular weight is 519 g/mol. The SMILES string of the molecule is CCCCCCCCCC(=O)OC1[C@@H](C)[C@@]2(O)[C@@H](C=C(CO)C[C@]3(O)C(=O)C(C)=C[C@@H]23)[C@@H]2C(C)(C)[C@]12O. The Morgan fingerprint density at radius 1 is 1.05 bits per heavy atom. The van der Waals surface area contributed by atoms with E-state index in [1.54, 1.807) is 26.0 Å². The molecule has 0 aromatic rings. The summed E-state index contributed by atoms with van der Waals surface area (Å²) in [4.78, 5) is 26.1. The predicted octanol–water partition coefficient (Wildman–Crippen LogP) is 3.62. The molecule has 0 saturated heterocycles. The molecule has 0 spiro atoms. The maximum absolute atomic E-state index is 13.1. The molecule has 0 aromatic carbocycles. The summed E-state index contributed by atoms with van der Waals surface area (Å²) >= 11 is 0. The summed E-state index contributed by atoms with van der Waals surface area (Å²) in [6.07, 6.45) is 10.1. The van der Waals surface area contributed by atoms with Crippen LogP contribution in [0.3, 0.4) is 0 Å². The Bertz CT molecular complexity index is 982. The minimum absolute atomic E-state index is 0.0827. The Labute approximate surface area is 221 Å². The number of hydrogen-bond donors (Lipinski definition) is 4. The van der Waals surface area contributed by atoms with E-state index in [1.807, 2.05) is 13.8 Å². The summed E-state index contributed by atoms with van der Waals surface area (Å²) < 4.78 is 5.98. The van der Waals surface area contributed by atoms with Crippen molar-refractivity contribution in [3.8, 4) is 0 Å². The molecule has 208 valence electrons. The fourth-order valence-electron chi connectivity index (χ4n) is 8.03. The topological polar surface area (TPSA) is 124 Å². The highest BCUT2D eigenvalue weighted by molar-refractivity contribution is 6.04. The van der Waals surface area contributed by atoms with Crippen LogP contribution in [0.5, 0.6) is 0 Å². The van der Waals surface area contributed by atoms with Crippen LogP contribution in [0.25, 0.3) is 0 Å². The van der Waals surface area contributed by atoms with Gasteiger partial charge in [-0.15, -0.1) is 0 Å². The van der Waals surface area contributed by atoms with Gasteiger partial charge in [-0.2, -0.15) is 0 Å². The van der Waals surface area contributed by atoms with Crippen LogP contribution in [0.2, 0.25) is 0 Å². The van der Waals surface area contributed by atoms with Gasteiger partial charge < -0.3 is 25.2 Å². The van der Waals surface area contributed by atoms with Gasteiger partial charge in [0.25, 0.3) is 0 Å². The van der Waals surface area contributed by atoms with Crippen LogP contribution in [0.15, 0.2) is 23.3 Å². The van der Waals surface area contributed by atoms with Gasteiger partial charge in [-0.3, -0.25) is 9.59 Å². The first-order chi connectivity index (χ1) is 17.3. The van der Waals surface area contributed by atoms with E-state index in [0.717, 1.165) is 19.3 Å². The van der Waals surface area contributed by atoms with Gasteiger partial charge in [0.15, 0.2) is 5.78 Å². The number of esters is 1. The molecule has 4 rings (SSSR count). The Hall–Kier alpha value is -1.54. The lowest BCUT2D eigenvalue weighted by Gasteiger charge is -2.52. The second-order valence-corrected chi connectivity index (χ2v) is 12.7. The smallest absolute Gasteiger partial charge is 0.306 e. The van der Waals surface area contributed by atoms with E-state index in [4.69, 9.17) is 4.74 Å². The second kappa shape index (κ2) is 9.89. The highest BCUT2D eigenvalue weighted by Gasteiger charge is 2.85. The summed E-state index contributed by atoms with van der Waals surface area (Å²) in [6, 6.07) is 0. The third kappa shape index (κ3) is 4.16.